The molecule has 1 saturated heterocycles. The van der Waals surface area contributed by atoms with Crippen molar-refractivity contribution in [3.63, 3.8) is 0 Å². The van der Waals surface area contributed by atoms with Crippen LogP contribution in [-0.4, -0.2) is 56.9 Å². The van der Waals surface area contributed by atoms with Crippen molar-refractivity contribution in [1.82, 2.24) is 0 Å². The lowest BCUT2D eigenvalue weighted by atomic mass is 10.0. The van der Waals surface area contributed by atoms with Gasteiger partial charge in [-0.2, -0.15) is 0 Å². The Kier molecular flexibility index (Phi) is 12.4. The highest BCUT2D eigenvalue weighted by atomic mass is 16.5. The number of aliphatic carboxylic acids is 1. The molecular formula is C22H34O6. The summed E-state index contributed by atoms with van der Waals surface area (Å²) in [6, 6.07) is 0. The number of carboxylic acids is 1. The molecule has 0 saturated carbocycles. The average molecular weight is 395 g/mol. The van der Waals surface area contributed by atoms with E-state index in [1.165, 1.54) is 12.2 Å². The van der Waals surface area contributed by atoms with E-state index in [2.05, 4.69) is 31.2 Å². The fourth-order valence-corrected chi connectivity index (χ4v) is 2.87. The summed E-state index contributed by atoms with van der Waals surface area (Å²) in [6.07, 6.45) is 15.5. The van der Waals surface area contributed by atoms with E-state index in [0.717, 1.165) is 19.3 Å². The molecule has 5 atom stereocenters. The minimum atomic E-state index is -0.977. The van der Waals surface area contributed by atoms with Crippen molar-refractivity contribution in [3.05, 3.63) is 48.6 Å². The van der Waals surface area contributed by atoms with Gasteiger partial charge in [0.25, 0.3) is 0 Å². The Bertz CT molecular complexity index is 551. The van der Waals surface area contributed by atoms with Gasteiger partial charge in [-0.3, -0.25) is 4.79 Å². The molecule has 28 heavy (non-hydrogen) atoms. The number of carbonyl (C=O) groups is 1. The molecule has 0 unspecified atom stereocenters. The van der Waals surface area contributed by atoms with E-state index >= 15 is 0 Å². The Labute approximate surface area is 167 Å². The quantitative estimate of drug-likeness (QED) is 0.358. The summed E-state index contributed by atoms with van der Waals surface area (Å²) in [6.45, 7) is 2.11. The molecule has 4 N–H and O–H groups in total. The highest BCUT2D eigenvalue weighted by Gasteiger charge is 2.36. The number of aliphatic hydroxyl groups excluding tert-OH is 3. The van der Waals surface area contributed by atoms with Crippen LogP contribution in [0.4, 0.5) is 0 Å². The monoisotopic (exact) mass is 394 g/mol. The molecule has 0 bridgehead atoms. The van der Waals surface area contributed by atoms with Crippen molar-refractivity contribution in [1.29, 1.82) is 0 Å². The molecule has 0 aromatic rings. The van der Waals surface area contributed by atoms with Crippen molar-refractivity contribution in [2.24, 2.45) is 0 Å². The van der Waals surface area contributed by atoms with Gasteiger partial charge in [-0.1, -0.05) is 55.5 Å². The van der Waals surface area contributed by atoms with Crippen LogP contribution in [0.2, 0.25) is 0 Å². The molecule has 0 aliphatic carbocycles. The van der Waals surface area contributed by atoms with Crippen LogP contribution < -0.4 is 0 Å². The molecule has 0 radical (unpaired) electrons. The normalized spacial score (nSPS) is 25.5. The lowest BCUT2D eigenvalue weighted by Gasteiger charge is -2.16. The van der Waals surface area contributed by atoms with Gasteiger partial charge in [0, 0.05) is 12.8 Å². The van der Waals surface area contributed by atoms with Crippen LogP contribution in [0.3, 0.4) is 0 Å². The van der Waals surface area contributed by atoms with Gasteiger partial charge in [-0.05, 0) is 32.1 Å². The molecule has 0 amide bonds. The van der Waals surface area contributed by atoms with Crippen LogP contribution in [0.15, 0.2) is 48.6 Å². The van der Waals surface area contributed by atoms with Crippen molar-refractivity contribution in [2.75, 3.05) is 0 Å². The molecule has 1 aliphatic rings. The zero-order valence-corrected chi connectivity index (χ0v) is 16.6. The summed E-state index contributed by atoms with van der Waals surface area (Å²) in [4.78, 5) is 10.5. The predicted molar refractivity (Wildman–Crippen MR) is 109 cm³/mol. The lowest BCUT2D eigenvalue weighted by Crippen LogP contribution is -2.24. The molecule has 1 aliphatic heterocycles. The van der Waals surface area contributed by atoms with Gasteiger partial charge in [-0.25, -0.2) is 0 Å². The van der Waals surface area contributed by atoms with Crippen LogP contribution in [0.5, 0.6) is 0 Å². The Morgan fingerprint density at radius 2 is 1.71 bits per heavy atom. The molecule has 6 heteroatoms. The molecule has 6 nitrogen and oxygen atoms in total. The number of ether oxygens (including phenoxy) is 1. The van der Waals surface area contributed by atoms with Gasteiger partial charge in [0.15, 0.2) is 0 Å². The van der Waals surface area contributed by atoms with Crippen LogP contribution in [0.25, 0.3) is 0 Å². The zero-order valence-electron chi connectivity index (χ0n) is 16.6. The number of hydrogen-bond acceptors (Lipinski definition) is 5. The van der Waals surface area contributed by atoms with Gasteiger partial charge in [0.05, 0.1) is 30.5 Å². The molecule has 1 rings (SSSR count). The maximum Gasteiger partial charge on any atom is 0.303 e. The first kappa shape index (κ1) is 24.3. The molecule has 0 spiro atoms. The third kappa shape index (κ3) is 10.6. The molecule has 0 aromatic carbocycles. The van der Waals surface area contributed by atoms with E-state index in [1.54, 1.807) is 0 Å². The first-order valence-corrected chi connectivity index (χ1v) is 9.98. The highest BCUT2D eigenvalue weighted by Crippen LogP contribution is 2.26. The van der Waals surface area contributed by atoms with E-state index in [4.69, 9.17) is 9.84 Å². The third-order valence-electron chi connectivity index (χ3n) is 4.47. The maximum atomic E-state index is 10.5. The van der Waals surface area contributed by atoms with Gasteiger partial charge in [-0.15, -0.1) is 0 Å². The van der Waals surface area contributed by atoms with Gasteiger partial charge in [0.1, 0.15) is 0 Å². The second kappa shape index (κ2) is 14.3. The maximum absolute atomic E-state index is 10.5. The number of hydrogen-bond donors (Lipinski definition) is 4. The summed E-state index contributed by atoms with van der Waals surface area (Å²) in [7, 11) is 0. The summed E-state index contributed by atoms with van der Waals surface area (Å²) in [5, 5.41) is 38.5. The summed E-state index contributed by atoms with van der Waals surface area (Å²) >= 11 is 0. The van der Waals surface area contributed by atoms with Crippen LogP contribution in [-0.2, 0) is 9.53 Å². The second-order valence-electron chi connectivity index (χ2n) is 6.92. The predicted octanol–water partition coefficient (Wildman–Crippen LogP) is 2.90. The number of rotatable bonds is 13. The van der Waals surface area contributed by atoms with Crippen LogP contribution in [0, 0.1) is 0 Å². The van der Waals surface area contributed by atoms with Crippen molar-refractivity contribution in [3.8, 4) is 0 Å². The Hall–Kier alpha value is -1.73. The van der Waals surface area contributed by atoms with Gasteiger partial charge in [0.2, 0.25) is 0 Å². The number of allylic oxidation sites excluding steroid dienone is 5. The first-order valence-electron chi connectivity index (χ1n) is 9.98. The largest absolute Gasteiger partial charge is 0.481 e. The van der Waals surface area contributed by atoms with E-state index in [9.17, 15) is 20.1 Å². The minimum Gasteiger partial charge on any atom is -0.481 e. The SMILES string of the molecule is CC/C=C\C/C=C\C/C=C\C[C@H]1O[C@@H]([C@@H](O)/C=C/[C@H](O)CCC(=O)O)C[C@H]1O. The number of aliphatic hydroxyl groups is 3. The third-order valence-corrected chi connectivity index (χ3v) is 4.47. The molecule has 1 fully saturated rings. The molecular weight excluding hydrogens is 360 g/mol. The van der Waals surface area contributed by atoms with Gasteiger partial charge >= 0.3 is 5.97 Å². The standard InChI is InChI=1S/C22H34O6/c1-2-3-4-5-6-7-8-9-10-11-20-19(25)16-21(28-20)18(24)14-12-17(23)13-15-22(26)27/h3-4,6-7,9-10,12,14,17-21,23-25H,2,5,8,11,13,15-16H2,1H3,(H,26,27)/b4-3-,7-6-,10-9-,14-12+/t17-,18-,19+,20+,21+/m0/s1. The van der Waals surface area contributed by atoms with Crippen molar-refractivity contribution < 1.29 is 30.0 Å². The smallest absolute Gasteiger partial charge is 0.303 e. The fraction of sp³-hybridized carbons (Fsp3) is 0.591. The topological polar surface area (TPSA) is 107 Å². The average Bonchev–Trinajstić information content (AvgIpc) is 3.03. The lowest BCUT2D eigenvalue weighted by molar-refractivity contribution is -0.137. The molecule has 158 valence electrons. The summed E-state index contributed by atoms with van der Waals surface area (Å²) < 4.78 is 5.73. The summed E-state index contributed by atoms with van der Waals surface area (Å²) in [5.41, 5.74) is 0. The summed E-state index contributed by atoms with van der Waals surface area (Å²) in [5.74, 6) is -0.977. The molecule has 0 aromatic heterocycles. The highest BCUT2D eigenvalue weighted by molar-refractivity contribution is 5.66. The fourth-order valence-electron chi connectivity index (χ4n) is 2.87. The van der Waals surface area contributed by atoms with E-state index in [1.807, 2.05) is 12.2 Å². The van der Waals surface area contributed by atoms with Crippen LogP contribution in [0.1, 0.15) is 51.9 Å². The first-order chi connectivity index (χ1) is 13.4. The Morgan fingerprint density at radius 1 is 1.07 bits per heavy atom. The Morgan fingerprint density at radius 3 is 2.36 bits per heavy atom. The van der Waals surface area contributed by atoms with Gasteiger partial charge < -0.3 is 25.2 Å². The molecule has 1 heterocycles. The number of carboxylic acid groups (broad SMARTS) is 1. The minimum absolute atomic E-state index is 0.0868. The van der Waals surface area contributed by atoms with Crippen molar-refractivity contribution in [2.45, 2.75) is 82.4 Å². The second-order valence-corrected chi connectivity index (χ2v) is 6.92. The van der Waals surface area contributed by atoms with Crippen molar-refractivity contribution >= 4 is 5.97 Å². The van der Waals surface area contributed by atoms with E-state index in [-0.39, 0.29) is 18.9 Å². The van der Waals surface area contributed by atoms with E-state index < -0.39 is 30.4 Å². The zero-order chi connectivity index (χ0) is 20.8. The van der Waals surface area contributed by atoms with E-state index in [0.29, 0.717) is 12.8 Å². The Balaban J connectivity index is 2.32. The van der Waals surface area contributed by atoms with Crippen LogP contribution >= 0.6 is 0 Å².